The summed E-state index contributed by atoms with van der Waals surface area (Å²) < 4.78 is 4.98. The molecule has 0 saturated carbocycles. The summed E-state index contributed by atoms with van der Waals surface area (Å²) >= 11 is 6.87. The van der Waals surface area contributed by atoms with Gasteiger partial charge in [-0.1, -0.05) is 0 Å². The van der Waals surface area contributed by atoms with Crippen molar-refractivity contribution in [3.8, 4) is 0 Å². The third kappa shape index (κ3) is 8.33. The minimum atomic E-state index is 0.263. The smallest absolute Gasteiger partial charge is 0.166 e. The summed E-state index contributed by atoms with van der Waals surface area (Å²) in [6, 6.07) is 0.263. The highest BCUT2D eigenvalue weighted by atomic mass is 32.2. The molecule has 0 aliphatic heterocycles. The highest BCUT2D eigenvalue weighted by Gasteiger charge is 2.01. The van der Waals surface area contributed by atoms with Gasteiger partial charge in [0.05, 0.1) is 6.61 Å². The summed E-state index contributed by atoms with van der Waals surface area (Å²) in [5, 5.41) is 6.95. The van der Waals surface area contributed by atoms with Gasteiger partial charge in [0.15, 0.2) is 5.11 Å². The van der Waals surface area contributed by atoms with Crippen molar-refractivity contribution in [2.75, 3.05) is 32.3 Å². The van der Waals surface area contributed by atoms with E-state index in [0.29, 0.717) is 11.7 Å². The molecule has 0 saturated heterocycles. The average molecular weight is 222 g/mol. The molecule has 0 radical (unpaired) electrons. The number of hydrogen-bond donors (Lipinski definition) is 2. The summed E-state index contributed by atoms with van der Waals surface area (Å²) in [6.07, 6.45) is 2.08. The third-order valence-corrected chi connectivity index (χ3v) is 2.26. The quantitative estimate of drug-likeness (QED) is 0.514. The molecule has 1 unspecified atom stereocenters. The first-order valence-corrected chi connectivity index (χ1v) is 6.03. The Morgan fingerprint density at radius 3 is 2.85 bits per heavy atom. The Bertz CT molecular complexity index is 144. The highest BCUT2D eigenvalue weighted by Crippen LogP contribution is 1.87. The Kier molecular flexibility index (Phi) is 8.59. The minimum Gasteiger partial charge on any atom is -0.383 e. The van der Waals surface area contributed by atoms with Crippen molar-refractivity contribution in [3.05, 3.63) is 0 Å². The third-order valence-electron chi connectivity index (χ3n) is 1.39. The number of hydrogen-bond acceptors (Lipinski definition) is 3. The normalized spacial score (nSPS) is 12.2. The van der Waals surface area contributed by atoms with E-state index in [4.69, 9.17) is 17.0 Å². The van der Waals surface area contributed by atoms with Crippen LogP contribution in [0.15, 0.2) is 0 Å². The van der Waals surface area contributed by atoms with Gasteiger partial charge in [-0.2, -0.15) is 11.8 Å². The van der Waals surface area contributed by atoms with E-state index in [-0.39, 0.29) is 6.04 Å². The largest absolute Gasteiger partial charge is 0.383 e. The van der Waals surface area contributed by atoms with Gasteiger partial charge in [-0.15, -0.1) is 0 Å². The lowest BCUT2D eigenvalue weighted by Crippen LogP contribution is -2.43. The molecule has 0 fully saturated rings. The molecule has 1 atom stereocenters. The fourth-order valence-corrected chi connectivity index (χ4v) is 1.44. The summed E-state index contributed by atoms with van der Waals surface area (Å²) in [6.45, 7) is 3.61. The van der Waals surface area contributed by atoms with Gasteiger partial charge in [0.1, 0.15) is 0 Å². The van der Waals surface area contributed by atoms with Gasteiger partial charge >= 0.3 is 0 Å². The van der Waals surface area contributed by atoms with E-state index in [1.54, 1.807) is 18.9 Å². The number of thiocarbonyl (C=S) groups is 1. The molecule has 3 nitrogen and oxygen atoms in total. The van der Waals surface area contributed by atoms with Crippen molar-refractivity contribution in [1.82, 2.24) is 10.6 Å². The average Bonchev–Trinajstić information content (AvgIpc) is 2.05. The van der Waals surface area contributed by atoms with Crippen molar-refractivity contribution >= 4 is 29.1 Å². The number of ether oxygens (including phenoxy) is 1. The Morgan fingerprint density at radius 2 is 2.31 bits per heavy atom. The first-order chi connectivity index (χ1) is 6.20. The lowest BCUT2D eigenvalue weighted by Gasteiger charge is -2.15. The molecule has 0 bridgehead atoms. The number of nitrogens with one attached hydrogen (secondary N) is 2. The van der Waals surface area contributed by atoms with Gasteiger partial charge in [0.2, 0.25) is 0 Å². The molecule has 13 heavy (non-hydrogen) atoms. The first kappa shape index (κ1) is 13.0. The fraction of sp³-hybridized carbons (Fsp3) is 0.875. The maximum atomic E-state index is 5.07. The van der Waals surface area contributed by atoms with Crippen molar-refractivity contribution in [2.24, 2.45) is 0 Å². The fourth-order valence-electron chi connectivity index (χ4n) is 0.833. The molecule has 2 N–H and O–H groups in total. The molecule has 5 heteroatoms. The van der Waals surface area contributed by atoms with E-state index >= 15 is 0 Å². The van der Waals surface area contributed by atoms with Crippen LogP contribution in [0, 0.1) is 0 Å². The SMILES string of the molecule is COCC(C)NC(=S)NCCSC. The Balaban J connectivity index is 3.38. The summed E-state index contributed by atoms with van der Waals surface area (Å²) in [5.74, 6) is 1.07. The maximum Gasteiger partial charge on any atom is 0.166 e. The molecule has 0 rings (SSSR count). The van der Waals surface area contributed by atoms with Gasteiger partial charge in [-0.25, -0.2) is 0 Å². The second-order valence-electron chi connectivity index (χ2n) is 2.75. The Labute approximate surface area is 90.0 Å². The van der Waals surface area contributed by atoms with Crippen molar-refractivity contribution < 1.29 is 4.74 Å². The van der Waals surface area contributed by atoms with E-state index in [1.165, 1.54) is 0 Å². The predicted octanol–water partition coefficient (Wildman–Crippen LogP) is 0.848. The van der Waals surface area contributed by atoms with Gasteiger partial charge in [-0.05, 0) is 25.4 Å². The Hall–Kier alpha value is 0. The lowest BCUT2D eigenvalue weighted by molar-refractivity contribution is 0.179. The molecular formula is C8H18N2OS2. The molecule has 0 heterocycles. The van der Waals surface area contributed by atoms with Crippen LogP contribution in [0.4, 0.5) is 0 Å². The van der Waals surface area contributed by atoms with Crippen LogP contribution in [0.1, 0.15) is 6.92 Å². The molecule has 0 amide bonds. The van der Waals surface area contributed by atoms with Crippen LogP contribution in [-0.2, 0) is 4.74 Å². The van der Waals surface area contributed by atoms with E-state index in [9.17, 15) is 0 Å². The molecule has 0 aromatic rings. The van der Waals surface area contributed by atoms with Crippen molar-refractivity contribution in [1.29, 1.82) is 0 Å². The zero-order valence-corrected chi connectivity index (χ0v) is 10.1. The van der Waals surface area contributed by atoms with Crippen LogP contribution in [0.5, 0.6) is 0 Å². The number of thioether (sulfide) groups is 1. The second kappa shape index (κ2) is 8.59. The number of methoxy groups -OCH3 is 1. The molecular weight excluding hydrogens is 204 g/mol. The topological polar surface area (TPSA) is 33.3 Å². The molecule has 0 aromatic carbocycles. The van der Waals surface area contributed by atoms with Crippen LogP contribution in [0.25, 0.3) is 0 Å². The first-order valence-electron chi connectivity index (χ1n) is 4.23. The number of rotatable bonds is 6. The second-order valence-corrected chi connectivity index (χ2v) is 4.14. The van der Waals surface area contributed by atoms with Crippen LogP contribution in [0.2, 0.25) is 0 Å². The van der Waals surface area contributed by atoms with Crippen molar-refractivity contribution in [3.63, 3.8) is 0 Å². The van der Waals surface area contributed by atoms with E-state index in [0.717, 1.165) is 12.3 Å². The maximum absolute atomic E-state index is 5.07. The standard InChI is InChI=1S/C8H18N2OS2/c1-7(6-11-2)10-8(12)9-4-5-13-3/h7H,4-6H2,1-3H3,(H2,9,10,12). The molecule has 0 aliphatic carbocycles. The van der Waals surface area contributed by atoms with E-state index in [2.05, 4.69) is 16.9 Å². The van der Waals surface area contributed by atoms with Gasteiger partial charge in [0.25, 0.3) is 0 Å². The van der Waals surface area contributed by atoms with Crippen LogP contribution in [0.3, 0.4) is 0 Å². The summed E-state index contributed by atoms with van der Waals surface area (Å²) in [7, 11) is 1.68. The summed E-state index contributed by atoms with van der Waals surface area (Å²) in [4.78, 5) is 0. The Morgan fingerprint density at radius 1 is 1.62 bits per heavy atom. The molecule has 0 aliphatic rings. The van der Waals surface area contributed by atoms with Crippen LogP contribution < -0.4 is 10.6 Å². The van der Waals surface area contributed by atoms with E-state index < -0.39 is 0 Å². The summed E-state index contributed by atoms with van der Waals surface area (Å²) in [5.41, 5.74) is 0. The minimum absolute atomic E-state index is 0.263. The highest BCUT2D eigenvalue weighted by molar-refractivity contribution is 7.98. The van der Waals surface area contributed by atoms with Gasteiger partial charge < -0.3 is 15.4 Å². The monoisotopic (exact) mass is 222 g/mol. The molecule has 0 aromatic heterocycles. The van der Waals surface area contributed by atoms with Gasteiger partial charge in [0, 0.05) is 25.4 Å². The lowest BCUT2D eigenvalue weighted by atomic mass is 10.4. The van der Waals surface area contributed by atoms with Gasteiger partial charge in [-0.3, -0.25) is 0 Å². The molecule has 78 valence electrons. The van der Waals surface area contributed by atoms with Crippen molar-refractivity contribution in [2.45, 2.75) is 13.0 Å². The predicted molar refractivity (Wildman–Crippen MR) is 63.5 cm³/mol. The van der Waals surface area contributed by atoms with E-state index in [1.807, 2.05) is 6.92 Å². The zero-order valence-electron chi connectivity index (χ0n) is 8.42. The van der Waals surface area contributed by atoms with Crippen LogP contribution >= 0.6 is 24.0 Å². The zero-order chi connectivity index (χ0) is 10.1. The van der Waals surface area contributed by atoms with Crippen LogP contribution in [-0.4, -0.2) is 43.4 Å². The molecule has 0 spiro atoms.